The molecule has 1 aliphatic rings. The number of thioether (sulfide) groups is 1. The molecule has 0 amide bonds. The third-order valence-electron chi connectivity index (χ3n) is 3.11. The molecular formula is C11H13BrN4S2. The van der Waals surface area contributed by atoms with E-state index in [1.54, 1.807) is 23.1 Å². The summed E-state index contributed by atoms with van der Waals surface area (Å²) in [6.45, 7) is 0. The minimum Gasteiger partial charge on any atom is -0.217 e. The Kier molecular flexibility index (Phi) is 4.00. The van der Waals surface area contributed by atoms with Crippen molar-refractivity contribution in [1.82, 2.24) is 20.2 Å². The van der Waals surface area contributed by atoms with E-state index in [1.807, 2.05) is 4.68 Å². The molecule has 0 aromatic carbocycles. The Balaban J connectivity index is 1.67. The zero-order valence-electron chi connectivity index (χ0n) is 9.75. The number of nitrogens with zero attached hydrogens (tertiary/aromatic N) is 4. The largest absolute Gasteiger partial charge is 0.217 e. The normalized spacial score (nSPS) is 16.5. The molecule has 7 heteroatoms. The summed E-state index contributed by atoms with van der Waals surface area (Å²) in [6.07, 6.45) is 5.02. The van der Waals surface area contributed by atoms with Crippen LogP contribution < -0.4 is 0 Å². The van der Waals surface area contributed by atoms with Crippen LogP contribution in [0.1, 0.15) is 36.6 Å². The lowest BCUT2D eigenvalue weighted by molar-refractivity contribution is 0.423. The molecule has 0 radical (unpaired) electrons. The number of hydrogen-bond acceptors (Lipinski definition) is 5. The Bertz CT molecular complexity index is 519. The third kappa shape index (κ3) is 2.78. The quantitative estimate of drug-likeness (QED) is 0.788. The molecule has 0 spiro atoms. The second-order valence-corrected chi connectivity index (χ2v) is 7.83. The van der Waals surface area contributed by atoms with Crippen molar-refractivity contribution in [3.05, 3.63) is 20.8 Å². The van der Waals surface area contributed by atoms with Crippen molar-refractivity contribution in [2.45, 2.75) is 42.6 Å². The van der Waals surface area contributed by atoms with Crippen LogP contribution in [0.5, 0.6) is 0 Å². The molecule has 2 aromatic rings. The summed E-state index contributed by atoms with van der Waals surface area (Å²) in [6, 6.07) is 4.74. The van der Waals surface area contributed by atoms with Crippen LogP contribution in [-0.2, 0) is 5.75 Å². The van der Waals surface area contributed by atoms with E-state index < -0.39 is 0 Å². The van der Waals surface area contributed by atoms with Crippen molar-refractivity contribution < 1.29 is 0 Å². The molecule has 0 atom stereocenters. The van der Waals surface area contributed by atoms with Gasteiger partial charge in [-0.2, -0.15) is 0 Å². The summed E-state index contributed by atoms with van der Waals surface area (Å²) in [5, 5.41) is 13.1. The van der Waals surface area contributed by atoms with Crippen LogP contribution >= 0.6 is 39.0 Å². The number of aromatic nitrogens is 4. The van der Waals surface area contributed by atoms with Gasteiger partial charge in [0.05, 0.1) is 9.83 Å². The fourth-order valence-corrected chi connectivity index (χ4v) is 4.69. The Morgan fingerprint density at radius 2 is 2.22 bits per heavy atom. The third-order valence-corrected chi connectivity index (χ3v) is 5.89. The van der Waals surface area contributed by atoms with Crippen molar-refractivity contribution in [1.29, 1.82) is 0 Å². The lowest BCUT2D eigenvalue weighted by Crippen LogP contribution is -2.08. The van der Waals surface area contributed by atoms with E-state index in [2.05, 4.69) is 43.6 Å². The van der Waals surface area contributed by atoms with Crippen molar-refractivity contribution in [2.75, 3.05) is 0 Å². The Morgan fingerprint density at radius 3 is 2.94 bits per heavy atom. The van der Waals surface area contributed by atoms with E-state index in [9.17, 15) is 0 Å². The van der Waals surface area contributed by atoms with E-state index >= 15 is 0 Å². The first-order chi connectivity index (χ1) is 8.83. The van der Waals surface area contributed by atoms with Gasteiger partial charge in [0.15, 0.2) is 0 Å². The van der Waals surface area contributed by atoms with Gasteiger partial charge in [-0.25, -0.2) is 4.68 Å². The summed E-state index contributed by atoms with van der Waals surface area (Å²) in [5.74, 6) is 0.934. The van der Waals surface area contributed by atoms with Gasteiger partial charge in [0, 0.05) is 10.6 Å². The molecule has 4 nitrogen and oxygen atoms in total. The number of thiophene rings is 1. The van der Waals surface area contributed by atoms with Crippen LogP contribution in [0.15, 0.2) is 21.1 Å². The average molecular weight is 345 g/mol. The topological polar surface area (TPSA) is 43.6 Å². The SMILES string of the molecule is Brc1ccc(CSc2nnnn2C2CCCC2)s1. The summed E-state index contributed by atoms with van der Waals surface area (Å²) in [7, 11) is 0. The van der Waals surface area contributed by atoms with Crippen LogP contribution in [-0.4, -0.2) is 20.2 Å². The molecule has 1 fully saturated rings. The molecule has 2 heterocycles. The van der Waals surface area contributed by atoms with Gasteiger partial charge in [0.1, 0.15) is 0 Å². The van der Waals surface area contributed by atoms with E-state index in [-0.39, 0.29) is 0 Å². The lowest BCUT2D eigenvalue weighted by atomic mass is 10.3. The highest BCUT2D eigenvalue weighted by atomic mass is 79.9. The molecule has 0 bridgehead atoms. The van der Waals surface area contributed by atoms with Crippen molar-refractivity contribution >= 4 is 39.0 Å². The first-order valence-electron chi connectivity index (χ1n) is 5.98. The Hall–Kier alpha value is -0.400. The van der Waals surface area contributed by atoms with Crippen LogP contribution in [0.3, 0.4) is 0 Å². The standard InChI is InChI=1S/C11H13BrN4S2/c12-10-6-5-9(18-10)7-17-11-13-14-15-16(11)8-3-1-2-4-8/h5-6,8H,1-4,7H2. The molecule has 0 unspecified atom stereocenters. The van der Waals surface area contributed by atoms with Crippen molar-refractivity contribution in [3.8, 4) is 0 Å². The van der Waals surface area contributed by atoms with Gasteiger partial charge < -0.3 is 0 Å². The number of rotatable bonds is 4. The molecule has 96 valence electrons. The van der Waals surface area contributed by atoms with Gasteiger partial charge in [0.2, 0.25) is 5.16 Å². The van der Waals surface area contributed by atoms with Crippen molar-refractivity contribution in [2.24, 2.45) is 0 Å². The first kappa shape index (κ1) is 12.6. The van der Waals surface area contributed by atoms with Crippen LogP contribution in [0.25, 0.3) is 0 Å². The van der Waals surface area contributed by atoms with Crippen LogP contribution in [0, 0.1) is 0 Å². The second-order valence-electron chi connectivity index (χ2n) is 4.34. The predicted molar refractivity (Wildman–Crippen MR) is 76.9 cm³/mol. The lowest BCUT2D eigenvalue weighted by Gasteiger charge is -2.10. The average Bonchev–Trinajstić information content (AvgIpc) is 3.07. The van der Waals surface area contributed by atoms with E-state index in [0.717, 1.165) is 10.9 Å². The fraction of sp³-hybridized carbons (Fsp3) is 0.545. The Morgan fingerprint density at radius 1 is 1.39 bits per heavy atom. The maximum absolute atomic E-state index is 4.14. The van der Waals surface area contributed by atoms with E-state index in [4.69, 9.17) is 0 Å². The number of tetrazole rings is 1. The summed E-state index contributed by atoms with van der Waals surface area (Å²) >= 11 is 6.97. The summed E-state index contributed by atoms with van der Waals surface area (Å²) in [5.41, 5.74) is 0. The van der Waals surface area contributed by atoms with Gasteiger partial charge in [-0.3, -0.25) is 0 Å². The zero-order valence-corrected chi connectivity index (χ0v) is 13.0. The molecule has 3 rings (SSSR count). The van der Waals surface area contributed by atoms with Gasteiger partial charge in [0.25, 0.3) is 0 Å². The van der Waals surface area contributed by atoms with Gasteiger partial charge in [-0.1, -0.05) is 24.6 Å². The monoisotopic (exact) mass is 344 g/mol. The molecule has 0 N–H and O–H groups in total. The number of hydrogen-bond donors (Lipinski definition) is 0. The zero-order chi connectivity index (χ0) is 12.4. The maximum Gasteiger partial charge on any atom is 0.209 e. The summed E-state index contributed by atoms with van der Waals surface area (Å²) < 4.78 is 3.19. The predicted octanol–water partition coefficient (Wildman–Crippen LogP) is 3.90. The van der Waals surface area contributed by atoms with Crippen molar-refractivity contribution in [3.63, 3.8) is 0 Å². The van der Waals surface area contributed by atoms with E-state index in [1.165, 1.54) is 34.3 Å². The number of halogens is 1. The maximum atomic E-state index is 4.14. The second kappa shape index (κ2) is 5.71. The van der Waals surface area contributed by atoms with Gasteiger partial charge in [-0.15, -0.1) is 16.4 Å². The molecule has 0 aliphatic heterocycles. The van der Waals surface area contributed by atoms with E-state index in [0.29, 0.717) is 6.04 Å². The van der Waals surface area contributed by atoms with Gasteiger partial charge in [-0.05, 0) is 51.3 Å². The fourth-order valence-electron chi connectivity index (χ4n) is 2.22. The highest BCUT2D eigenvalue weighted by molar-refractivity contribution is 9.11. The minimum atomic E-state index is 0.512. The Labute approximate surface area is 122 Å². The molecule has 2 aromatic heterocycles. The van der Waals surface area contributed by atoms with Crippen LogP contribution in [0.2, 0.25) is 0 Å². The molecule has 18 heavy (non-hydrogen) atoms. The highest BCUT2D eigenvalue weighted by Gasteiger charge is 2.21. The molecular weight excluding hydrogens is 332 g/mol. The molecule has 1 aliphatic carbocycles. The van der Waals surface area contributed by atoms with Crippen LogP contribution in [0.4, 0.5) is 0 Å². The highest BCUT2D eigenvalue weighted by Crippen LogP contribution is 2.33. The molecule has 0 saturated heterocycles. The molecule has 1 saturated carbocycles. The first-order valence-corrected chi connectivity index (χ1v) is 8.57. The minimum absolute atomic E-state index is 0.512. The summed E-state index contributed by atoms with van der Waals surface area (Å²) in [4.78, 5) is 1.34. The smallest absolute Gasteiger partial charge is 0.209 e. The van der Waals surface area contributed by atoms with Gasteiger partial charge >= 0.3 is 0 Å².